The van der Waals surface area contributed by atoms with Crippen molar-refractivity contribution in [2.45, 2.75) is 26.4 Å². The van der Waals surface area contributed by atoms with Crippen LogP contribution in [-0.4, -0.2) is 28.7 Å². The van der Waals surface area contributed by atoms with Crippen molar-refractivity contribution in [3.63, 3.8) is 0 Å². The molecule has 2 aromatic rings. The summed E-state index contributed by atoms with van der Waals surface area (Å²) in [5, 5.41) is 4.28. The average molecular weight is 260 g/mol. The van der Waals surface area contributed by atoms with E-state index < -0.39 is 0 Å². The molecule has 0 amide bonds. The molecule has 1 aromatic heterocycles. The van der Waals surface area contributed by atoms with E-state index in [0.29, 0.717) is 18.8 Å². The Hall–Kier alpha value is -1.88. The lowest BCUT2D eigenvalue weighted by atomic mass is 10.1. The smallest absolute Gasteiger partial charge is 0.137 e. The number of hydrogen-bond donors (Lipinski definition) is 2. The molecule has 3 N–H and O–H groups in total. The zero-order valence-electron chi connectivity index (χ0n) is 11.6. The van der Waals surface area contributed by atoms with Crippen LogP contribution in [0.4, 0.5) is 11.5 Å². The maximum Gasteiger partial charge on any atom is 0.137 e. The van der Waals surface area contributed by atoms with Crippen molar-refractivity contribution in [2.75, 3.05) is 24.2 Å². The maximum absolute atomic E-state index is 5.76. The van der Waals surface area contributed by atoms with Gasteiger partial charge in [-0.1, -0.05) is 0 Å². The Labute approximate surface area is 113 Å². The molecule has 0 spiro atoms. The van der Waals surface area contributed by atoms with Crippen LogP contribution in [0.1, 0.15) is 20.8 Å². The van der Waals surface area contributed by atoms with Crippen LogP contribution in [0.3, 0.4) is 0 Å². The van der Waals surface area contributed by atoms with E-state index in [4.69, 9.17) is 10.5 Å². The minimum atomic E-state index is -0.236. The van der Waals surface area contributed by atoms with E-state index in [-0.39, 0.29) is 5.60 Å². The number of fused-ring (bicyclic) bond motifs is 1. The number of anilines is 2. The summed E-state index contributed by atoms with van der Waals surface area (Å²) in [6.45, 7) is 7.45. The van der Waals surface area contributed by atoms with E-state index in [0.717, 1.165) is 16.7 Å². The highest BCUT2D eigenvalue weighted by Gasteiger charge is 2.17. The molecule has 0 bridgehead atoms. The largest absolute Gasteiger partial charge is 0.399 e. The number of ether oxygens (including phenoxy) is 1. The zero-order valence-corrected chi connectivity index (χ0v) is 11.6. The van der Waals surface area contributed by atoms with Crippen LogP contribution in [0.2, 0.25) is 0 Å². The summed E-state index contributed by atoms with van der Waals surface area (Å²) in [5.74, 6) is 0.803. The highest BCUT2D eigenvalue weighted by atomic mass is 16.5. The van der Waals surface area contributed by atoms with Gasteiger partial charge in [0, 0.05) is 24.2 Å². The highest BCUT2D eigenvalue weighted by molar-refractivity contribution is 5.90. The molecule has 0 unspecified atom stereocenters. The standard InChI is InChI=1S/C14H20N4O/c1-4-19-14(2,3)8-16-13-11-6-5-10(15)7-12(11)17-9-18-13/h5-7,9H,4,8,15H2,1-3H3,(H,16,17,18). The van der Waals surface area contributed by atoms with Gasteiger partial charge in [-0.05, 0) is 39.0 Å². The number of benzene rings is 1. The van der Waals surface area contributed by atoms with Gasteiger partial charge in [0.25, 0.3) is 0 Å². The first kappa shape index (κ1) is 13.5. The Kier molecular flexibility index (Phi) is 3.85. The first-order valence-electron chi connectivity index (χ1n) is 6.40. The van der Waals surface area contributed by atoms with Crippen LogP contribution < -0.4 is 11.1 Å². The van der Waals surface area contributed by atoms with Crippen LogP contribution >= 0.6 is 0 Å². The van der Waals surface area contributed by atoms with Crippen molar-refractivity contribution in [1.29, 1.82) is 0 Å². The van der Waals surface area contributed by atoms with Crippen molar-refractivity contribution in [2.24, 2.45) is 0 Å². The lowest BCUT2D eigenvalue weighted by Gasteiger charge is -2.25. The third-order valence-electron chi connectivity index (χ3n) is 2.88. The van der Waals surface area contributed by atoms with Crippen molar-refractivity contribution < 1.29 is 4.74 Å². The molecule has 19 heavy (non-hydrogen) atoms. The molecule has 0 saturated carbocycles. The summed E-state index contributed by atoms with van der Waals surface area (Å²) in [4.78, 5) is 8.50. The fourth-order valence-electron chi connectivity index (χ4n) is 1.95. The van der Waals surface area contributed by atoms with Gasteiger partial charge in [-0.3, -0.25) is 0 Å². The second-order valence-electron chi connectivity index (χ2n) is 5.05. The first-order valence-corrected chi connectivity index (χ1v) is 6.40. The third kappa shape index (κ3) is 3.32. The topological polar surface area (TPSA) is 73.1 Å². The minimum absolute atomic E-state index is 0.236. The third-order valence-corrected chi connectivity index (χ3v) is 2.88. The molecule has 0 aliphatic heterocycles. The summed E-state index contributed by atoms with van der Waals surface area (Å²) < 4.78 is 5.66. The molecule has 0 fully saturated rings. The summed E-state index contributed by atoms with van der Waals surface area (Å²) in [5.41, 5.74) is 7.06. The fraction of sp³-hybridized carbons (Fsp3) is 0.429. The predicted molar refractivity (Wildman–Crippen MR) is 78.1 cm³/mol. The number of hydrogen-bond acceptors (Lipinski definition) is 5. The van der Waals surface area contributed by atoms with Gasteiger partial charge in [-0.25, -0.2) is 9.97 Å². The molecule has 1 heterocycles. The highest BCUT2D eigenvalue weighted by Crippen LogP contribution is 2.22. The maximum atomic E-state index is 5.76. The second kappa shape index (κ2) is 5.40. The van der Waals surface area contributed by atoms with Gasteiger partial charge in [-0.15, -0.1) is 0 Å². The quantitative estimate of drug-likeness (QED) is 0.808. The molecule has 0 aliphatic carbocycles. The number of rotatable bonds is 5. The Morgan fingerprint density at radius 2 is 2.11 bits per heavy atom. The van der Waals surface area contributed by atoms with Gasteiger partial charge in [0.15, 0.2) is 0 Å². The molecule has 1 aromatic carbocycles. The summed E-state index contributed by atoms with van der Waals surface area (Å²) in [7, 11) is 0. The molecule has 0 atom stereocenters. The van der Waals surface area contributed by atoms with Crippen LogP contribution in [0.15, 0.2) is 24.5 Å². The Morgan fingerprint density at radius 1 is 1.32 bits per heavy atom. The second-order valence-corrected chi connectivity index (χ2v) is 5.05. The van der Waals surface area contributed by atoms with Gasteiger partial charge in [0.05, 0.1) is 11.1 Å². The van der Waals surface area contributed by atoms with E-state index in [2.05, 4.69) is 15.3 Å². The molecular formula is C14H20N4O. The summed E-state index contributed by atoms with van der Waals surface area (Å²) >= 11 is 0. The average Bonchev–Trinajstić information content (AvgIpc) is 2.36. The molecule has 2 rings (SSSR count). The summed E-state index contributed by atoms with van der Waals surface area (Å²) in [6, 6.07) is 5.63. The number of nitrogens with zero attached hydrogens (tertiary/aromatic N) is 2. The minimum Gasteiger partial charge on any atom is -0.399 e. The van der Waals surface area contributed by atoms with Crippen molar-refractivity contribution in [1.82, 2.24) is 9.97 Å². The molecule has 0 aliphatic rings. The van der Waals surface area contributed by atoms with E-state index in [1.54, 1.807) is 0 Å². The Bertz CT molecular complexity index is 568. The van der Waals surface area contributed by atoms with Gasteiger partial charge < -0.3 is 15.8 Å². The van der Waals surface area contributed by atoms with E-state index in [9.17, 15) is 0 Å². The molecule has 0 saturated heterocycles. The van der Waals surface area contributed by atoms with E-state index in [1.165, 1.54) is 6.33 Å². The monoisotopic (exact) mass is 260 g/mol. The molecule has 5 heteroatoms. The van der Waals surface area contributed by atoms with Gasteiger partial charge in [0.2, 0.25) is 0 Å². The van der Waals surface area contributed by atoms with E-state index >= 15 is 0 Å². The van der Waals surface area contributed by atoms with E-state index in [1.807, 2.05) is 39.0 Å². The Morgan fingerprint density at radius 3 is 2.84 bits per heavy atom. The Balaban J connectivity index is 2.21. The zero-order chi connectivity index (χ0) is 13.9. The van der Waals surface area contributed by atoms with Crippen LogP contribution in [0, 0.1) is 0 Å². The first-order chi connectivity index (χ1) is 9.02. The van der Waals surface area contributed by atoms with Gasteiger partial charge in [0.1, 0.15) is 12.1 Å². The lowest BCUT2D eigenvalue weighted by molar-refractivity contribution is 0.000663. The fourth-order valence-corrected chi connectivity index (χ4v) is 1.95. The molecule has 0 radical (unpaired) electrons. The summed E-state index contributed by atoms with van der Waals surface area (Å²) in [6.07, 6.45) is 1.54. The van der Waals surface area contributed by atoms with Crippen LogP contribution in [0.5, 0.6) is 0 Å². The van der Waals surface area contributed by atoms with Crippen molar-refractivity contribution in [3.8, 4) is 0 Å². The normalized spacial score (nSPS) is 11.7. The number of nitrogens with two attached hydrogens (primary N) is 1. The van der Waals surface area contributed by atoms with Crippen molar-refractivity contribution >= 4 is 22.4 Å². The molecular weight excluding hydrogens is 240 g/mol. The number of nitrogens with one attached hydrogen (secondary N) is 1. The van der Waals surface area contributed by atoms with Gasteiger partial charge >= 0.3 is 0 Å². The van der Waals surface area contributed by atoms with Gasteiger partial charge in [-0.2, -0.15) is 0 Å². The number of nitrogen functional groups attached to an aromatic ring is 1. The van der Waals surface area contributed by atoms with Crippen LogP contribution in [0.25, 0.3) is 10.9 Å². The lowest BCUT2D eigenvalue weighted by Crippen LogP contribution is -2.33. The molecule has 102 valence electrons. The van der Waals surface area contributed by atoms with Crippen LogP contribution in [-0.2, 0) is 4.74 Å². The SMILES string of the molecule is CCOC(C)(C)CNc1ncnc2cc(N)ccc12. The predicted octanol–water partition coefficient (Wildman–Crippen LogP) is 2.44. The molecule has 5 nitrogen and oxygen atoms in total. The van der Waals surface area contributed by atoms with Crippen molar-refractivity contribution in [3.05, 3.63) is 24.5 Å². The number of aromatic nitrogens is 2.